The van der Waals surface area contributed by atoms with Gasteiger partial charge in [-0.25, -0.2) is 4.68 Å². The summed E-state index contributed by atoms with van der Waals surface area (Å²) < 4.78 is 3.35. The van der Waals surface area contributed by atoms with Crippen LogP contribution in [0.3, 0.4) is 0 Å². The number of benzene rings is 1. The zero-order valence-corrected chi connectivity index (χ0v) is 8.88. The lowest BCUT2D eigenvalue weighted by Gasteiger charge is -2.03. The van der Waals surface area contributed by atoms with E-state index >= 15 is 0 Å². The Morgan fingerprint density at radius 2 is 1.94 bits per heavy atom. The van der Waals surface area contributed by atoms with E-state index in [4.69, 9.17) is 0 Å². The zero-order chi connectivity index (χ0) is 11.5. The van der Waals surface area contributed by atoms with Gasteiger partial charge in [-0.15, -0.1) is 10.2 Å². The second-order valence-electron chi connectivity index (χ2n) is 3.44. The molecule has 17 heavy (non-hydrogen) atoms. The molecule has 3 rings (SSSR count). The third-order valence-electron chi connectivity index (χ3n) is 2.31. The molecule has 0 radical (unpaired) electrons. The second-order valence-corrected chi connectivity index (χ2v) is 3.44. The van der Waals surface area contributed by atoms with Gasteiger partial charge in [-0.1, -0.05) is 23.4 Å². The molecule has 0 fully saturated rings. The molecule has 0 amide bonds. The molecule has 0 saturated heterocycles. The maximum absolute atomic E-state index is 3.98. The lowest BCUT2D eigenvalue weighted by Crippen LogP contribution is -2.09. The largest absolute Gasteiger partial charge is 0.245 e. The number of aromatic nitrogens is 7. The van der Waals surface area contributed by atoms with Crippen LogP contribution in [0.4, 0.5) is 0 Å². The van der Waals surface area contributed by atoms with Crippen molar-refractivity contribution >= 4 is 0 Å². The Labute approximate surface area is 96.7 Å². The van der Waals surface area contributed by atoms with E-state index in [1.54, 1.807) is 21.8 Å². The molecular formula is C10H9N7. The summed E-state index contributed by atoms with van der Waals surface area (Å²) in [6.45, 7) is 0.488. The van der Waals surface area contributed by atoms with Crippen LogP contribution in [0.1, 0.15) is 5.82 Å². The Bertz CT molecular complexity index is 584. The van der Waals surface area contributed by atoms with Crippen molar-refractivity contribution in [3.63, 3.8) is 0 Å². The fourth-order valence-corrected chi connectivity index (χ4v) is 1.54. The van der Waals surface area contributed by atoms with Crippen LogP contribution in [0.25, 0.3) is 5.69 Å². The molecule has 0 saturated carbocycles. The average Bonchev–Trinajstić information content (AvgIpc) is 3.02. The third kappa shape index (κ3) is 1.89. The van der Waals surface area contributed by atoms with Gasteiger partial charge in [-0.3, -0.25) is 0 Å². The molecule has 7 nitrogen and oxygen atoms in total. The fraction of sp³-hybridized carbons (Fsp3) is 0.100. The predicted octanol–water partition coefficient (Wildman–Crippen LogP) is 0.302. The molecule has 3 aromatic rings. The lowest BCUT2D eigenvalue weighted by atomic mass is 10.3. The summed E-state index contributed by atoms with van der Waals surface area (Å²) in [5.74, 6) is 0.710. The van der Waals surface area contributed by atoms with Crippen molar-refractivity contribution in [2.75, 3.05) is 0 Å². The van der Waals surface area contributed by atoms with E-state index in [2.05, 4.69) is 25.8 Å². The van der Waals surface area contributed by atoms with Gasteiger partial charge < -0.3 is 0 Å². The Balaban J connectivity index is 1.95. The van der Waals surface area contributed by atoms with Gasteiger partial charge >= 0.3 is 0 Å². The number of hydrogen-bond donors (Lipinski definition) is 0. The number of nitrogens with zero attached hydrogens (tertiary/aromatic N) is 7. The van der Waals surface area contributed by atoms with Gasteiger partial charge in [0.1, 0.15) is 6.54 Å². The molecule has 0 bridgehead atoms. The summed E-state index contributed by atoms with van der Waals surface area (Å²) >= 11 is 0. The molecule has 0 atom stereocenters. The Kier molecular flexibility index (Phi) is 2.34. The molecule has 84 valence electrons. The number of rotatable bonds is 3. The number of hydrogen-bond acceptors (Lipinski definition) is 5. The van der Waals surface area contributed by atoms with Crippen molar-refractivity contribution < 1.29 is 0 Å². The van der Waals surface area contributed by atoms with Crippen LogP contribution >= 0.6 is 0 Å². The van der Waals surface area contributed by atoms with Crippen LogP contribution in [-0.4, -0.2) is 35.2 Å². The molecule has 0 aliphatic carbocycles. The van der Waals surface area contributed by atoms with Crippen molar-refractivity contribution in [1.29, 1.82) is 0 Å². The highest BCUT2D eigenvalue weighted by molar-refractivity contribution is 5.30. The predicted molar refractivity (Wildman–Crippen MR) is 58.3 cm³/mol. The van der Waals surface area contributed by atoms with Crippen molar-refractivity contribution in [2.45, 2.75) is 6.54 Å². The van der Waals surface area contributed by atoms with Gasteiger partial charge in [-0.2, -0.15) is 4.68 Å². The Hall–Kier alpha value is -2.57. The molecule has 2 aromatic heterocycles. The first-order chi connectivity index (χ1) is 8.43. The maximum atomic E-state index is 3.98. The third-order valence-corrected chi connectivity index (χ3v) is 2.31. The SMILES string of the molecule is c1ccc(-n2nnnc2Cn2ccnn2)cc1. The van der Waals surface area contributed by atoms with Gasteiger partial charge in [0.25, 0.3) is 0 Å². The van der Waals surface area contributed by atoms with Crippen LogP contribution in [0.15, 0.2) is 42.7 Å². The normalized spacial score (nSPS) is 10.6. The topological polar surface area (TPSA) is 74.3 Å². The van der Waals surface area contributed by atoms with Crippen molar-refractivity contribution in [2.24, 2.45) is 0 Å². The van der Waals surface area contributed by atoms with E-state index in [1.165, 1.54) is 0 Å². The highest BCUT2D eigenvalue weighted by atomic mass is 15.6. The summed E-state index contributed by atoms with van der Waals surface area (Å²) in [6.07, 6.45) is 3.39. The monoisotopic (exact) mass is 227 g/mol. The van der Waals surface area contributed by atoms with E-state index < -0.39 is 0 Å². The fourth-order valence-electron chi connectivity index (χ4n) is 1.54. The van der Waals surface area contributed by atoms with Gasteiger partial charge in [0.2, 0.25) is 0 Å². The van der Waals surface area contributed by atoms with E-state index in [0.29, 0.717) is 12.4 Å². The van der Waals surface area contributed by atoms with Crippen LogP contribution in [0.2, 0.25) is 0 Å². The van der Waals surface area contributed by atoms with Crippen molar-refractivity contribution in [1.82, 2.24) is 35.2 Å². The molecule has 1 aromatic carbocycles. The molecule has 2 heterocycles. The Morgan fingerprint density at radius 1 is 1.06 bits per heavy atom. The molecule has 0 aliphatic heterocycles. The highest BCUT2D eigenvalue weighted by Crippen LogP contribution is 2.07. The minimum atomic E-state index is 0.488. The molecule has 0 N–H and O–H groups in total. The molecule has 0 unspecified atom stereocenters. The van der Waals surface area contributed by atoms with E-state index in [0.717, 1.165) is 5.69 Å². The van der Waals surface area contributed by atoms with Gasteiger partial charge in [0, 0.05) is 6.20 Å². The lowest BCUT2D eigenvalue weighted by molar-refractivity contribution is 0.609. The summed E-state index contributed by atoms with van der Waals surface area (Å²) in [5.41, 5.74) is 0.924. The standard InChI is InChI=1S/C10H9N7/c1-2-4-9(5-3-1)17-10(12-13-15-17)8-16-7-6-11-14-16/h1-7H,8H2. The molecule has 7 heteroatoms. The van der Waals surface area contributed by atoms with Crippen molar-refractivity contribution in [3.8, 4) is 5.69 Å². The first-order valence-corrected chi connectivity index (χ1v) is 5.10. The summed E-state index contributed by atoms with van der Waals surface area (Å²) in [7, 11) is 0. The summed E-state index contributed by atoms with van der Waals surface area (Å²) in [6, 6.07) is 9.72. The number of para-hydroxylation sites is 1. The zero-order valence-electron chi connectivity index (χ0n) is 8.88. The molecule has 0 aliphatic rings. The van der Waals surface area contributed by atoms with Crippen LogP contribution in [0, 0.1) is 0 Å². The number of tetrazole rings is 1. The van der Waals surface area contributed by atoms with Gasteiger partial charge in [-0.05, 0) is 22.6 Å². The quantitative estimate of drug-likeness (QED) is 0.643. The van der Waals surface area contributed by atoms with Crippen molar-refractivity contribution in [3.05, 3.63) is 48.5 Å². The second kappa shape index (κ2) is 4.12. The molecule has 0 spiro atoms. The smallest absolute Gasteiger partial charge is 0.178 e. The molecular weight excluding hydrogens is 218 g/mol. The average molecular weight is 227 g/mol. The van der Waals surface area contributed by atoms with E-state index in [-0.39, 0.29) is 0 Å². The minimum Gasteiger partial charge on any atom is -0.245 e. The summed E-state index contributed by atoms with van der Waals surface area (Å²) in [4.78, 5) is 0. The first kappa shape index (κ1) is 9.64. The maximum Gasteiger partial charge on any atom is 0.178 e. The van der Waals surface area contributed by atoms with Crippen LogP contribution < -0.4 is 0 Å². The summed E-state index contributed by atoms with van der Waals surface area (Å²) in [5, 5.41) is 19.2. The van der Waals surface area contributed by atoms with Crippen LogP contribution in [-0.2, 0) is 6.54 Å². The highest BCUT2D eigenvalue weighted by Gasteiger charge is 2.08. The van der Waals surface area contributed by atoms with E-state index in [1.807, 2.05) is 30.3 Å². The van der Waals surface area contributed by atoms with Gasteiger partial charge in [0.15, 0.2) is 5.82 Å². The first-order valence-electron chi connectivity index (χ1n) is 5.10. The van der Waals surface area contributed by atoms with Crippen LogP contribution in [0.5, 0.6) is 0 Å². The van der Waals surface area contributed by atoms with Gasteiger partial charge in [0.05, 0.1) is 11.9 Å². The van der Waals surface area contributed by atoms with E-state index in [9.17, 15) is 0 Å². The Morgan fingerprint density at radius 3 is 2.71 bits per heavy atom. The minimum absolute atomic E-state index is 0.488.